The maximum atomic E-state index is 13.5. The first-order valence-electron chi connectivity index (χ1n) is 10.1. The van der Waals surface area contributed by atoms with Crippen molar-refractivity contribution >= 4 is 22.8 Å². The first-order valence-corrected chi connectivity index (χ1v) is 10.1. The number of hydrogen-bond acceptors (Lipinski definition) is 6. The maximum absolute atomic E-state index is 13.5. The molecule has 0 N–H and O–H groups in total. The van der Waals surface area contributed by atoms with E-state index >= 15 is 0 Å². The van der Waals surface area contributed by atoms with Crippen LogP contribution < -0.4 is 4.90 Å². The smallest absolute Gasteiger partial charge is 0.259 e. The van der Waals surface area contributed by atoms with Gasteiger partial charge in [-0.3, -0.25) is 4.79 Å². The van der Waals surface area contributed by atoms with E-state index in [1.54, 1.807) is 31.3 Å². The second-order valence-electron chi connectivity index (χ2n) is 7.48. The number of aryl methyl sites for hydroxylation is 1. The number of anilines is 1. The number of nitrogens with zero attached hydrogens (tertiary/aromatic N) is 5. The third-order valence-electron chi connectivity index (χ3n) is 5.53. The van der Waals surface area contributed by atoms with Crippen molar-refractivity contribution in [3.63, 3.8) is 0 Å². The molecule has 0 atom stereocenters. The van der Waals surface area contributed by atoms with E-state index in [1.165, 1.54) is 12.1 Å². The molecule has 1 amide bonds. The lowest BCUT2D eigenvalue weighted by atomic mass is 10.0. The van der Waals surface area contributed by atoms with Crippen molar-refractivity contribution in [2.45, 2.75) is 6.92 Å². The Morgan fingerprint density at radius 3 is 2.55 bits per heavy atom. The van der Waals surface area contributed by atoms with Crippen LogP contribution in [0.25, 0.3) is 22.4 Å². The molecule has 4 aromatic rings. The van der Waals surface area contributed by atoms with Crippen molar-refractivity contribution < 1.29 is 13.7 Å². The number of carbonyl (C=O) groups excluding carboxylic acids is 1. The molecule has 5 rings (SSSR count). The monoisotopic (exact) mass is 417 g/mol. The highest BCUT2D eigenvalue weighted by Crippen LogP contribution is 2.28. The van der Waals surface area contributed by atoms with Gasteiger partial charge in [-0.2, -0.15) is 0 Å². The predicted molar refractivity (Wildman–Crippen MR) is 114 cm³/mol. The molecule has 0 aliphatic carbocycles. The van der Waals surface area contributed by atoms with Crippen LogP contribution in [0.15, 0.2) is 59.3 Å². The number of benzene rings is 1. The molecule has 31 heavy (non-hydrogen) atoms. The second kappa shape index (κ2) is 7.79. The molecule has 1 saturated heterocycles. The van der Waals surface area contributed by atoms with Crippen LogP contribution >= 0.6 is 0 Å². The average Bonchev–Trinajstić information content (AvgIpc) is 3.20. The van der Waals surface area contributed by atoms with Gasteiger partial charge in [0.05, 0.1) is 22.3 Å². The van der Waals surface area contributed by atoms with E-state index in [4.69, 9.17) is 4.52 Å². The van der Waals surface area contributed by atoms with Gasteiger partial charge < -0.3 is 14.3 Å². The van der Waals surface area contributed by atoms with Gasteiger partial charge >= 0.3 is 0 Å². The quantitative estimate of drug-likeness (QED) is 0.506. The van der Waals surface area contributed by atoms with Gasteiger partial charge in [-0.05, 0) is 49.4 Å². The Morgan fingerprint density at radius 2 is 1.84 bits per heavy atom. The minimum Gasteiger partial charge on any atom is -0.353 e. The standard InChI is InChI=1S/C23H20FN5O2/c1-15-21-18(14-19(26-22(21)31-27-15)16-5-7-17(24)8-6-16)23(30)29-12-10-28(11-13-29)20-4-2-3-9-25-20/h2-9,14H,10-13H2,1H3. The number of fused-ring (bicyclic) bond motifs is 1. The molecule has 0 unspecified atom stereocenters. The number of halogens is 1. The van der Waals surface area contributed by atoms with Gasteiger partial charge in [0.15, 0.2) is 0 Å². The van der Waals surface area contributed by atoms with Crippen LogP contribution in [-0.4, -0.2) is 52.1 Å². The van der Waals surface area contributed by atoms with Crippen molar-refractivity contribution in [2.24, 2.45) is 0 Å². The fourth-order valence-electron chi connectivity index (χ4n) is 3.88. The summed E-state index contributed by atoms with van der Waals surface area (Å²) in [4.78, 5) is 26.4. The Hall–Kier alpha value is -3.81. The minimum atomic E-state index is -0.331. The van der Waals surface area contributed by atoms with Crippen LogP contribution in [0.1, 0.15) is 16.1 Å². The molecule has 1 aromatic carbocycles. The van der Waals surface area contributed by atoms with Gasteiger partial charge in [0.25, 0.3) is 11.6 Å². The Bertz CT molecular complexity index is 1230. The molecule has 156 valence electrons. The predicted octanol–water partition coefficient (Wildman–Crippen LogP) is 3.69. The Balaban J connectivity index is 1.45. The molecule has 7 nitrogen and oxygen atoms in total. The molecule has 4 heterocycles. The fourth-order valence-corrected chi connectivity index (χ4v) is 3.88. The van der Waals surface area contributed by atoms with Crippen molar-refractivity contribution in [3.8, 4) is 11.3 Å². The number of hydrogen-bond donors (Lipinski definition) is 0. The van der Waals surface area contributed by atoms with Crippen LogP contribution in [0.5, 0.6) is 0 Å². The highest BCUT2D eigenvalue weighted by molar-refractivity contribution is 6.07. The Labute approximate surface area is 178 Å². The number of amides is 1. The number of pyridine rings is 2. The number of rotatable bonds is 3. The Kier molecular flexibility index (Phi) is 4.82. The fraction of sp³-hybridized carbons (Fsp3) is 0.217. The normalized spacial score (nSPS) is 14.3. The molecule has 0 bridgehead atoms. The van der Waals surface area contributed by atoms with Gasteiger partial charge in [-0.15, -0.1) is 0 Å². The zero-order chi connectivity index (χ0) is 21.4. The summed E-state index contributed by atoms with van der Waals surface area (Å²) in [5.74, 6) is 0.486. The number of piperazine rings is 1. The maximum Gasteiger partial charge on any atom is 0.259 e. The molecule has 1 aliphatic heterocycles. The molecule has 0 radical (unpaired) electrons. The number of aromatic nitrogens is 3. The van der Waals surface area contributed by atoms with E-state index in [9.17, 15) is 9.18 Å². The molecular formula is C23H20FN5O2. The van der Waals surface area contributed by atoms with E-state index in [-0.39, 0.29) is 11.7 Å². The molecule has 0 spiro atoms. The van der Waals surface area contributed by atoms with Gasteiger partial charge in [0.1, 0.15) is 11.6 Å². The van der Waals surface area contributed by atoms with E-state index in [0.717, 1.165) is 5.82 Å². The van der Waals surface area contributed by atoms with E-state index < -0.39 is 0 Å². The largest absolute Gasteiger partial charge is 0.353 e. The summed E-state index contributed by atoms with van der Waals surface area (Å²) in [5.41, 5.74) is 2.65. The van der Waals surface area contributed by atoms with Crippen LogP contribution in [0.3, 0.4) is 0 Å². The highest BCUT2D eigenvalue weighted by Gasteiger charge is 2.27. The van der Waals surface area contributed by atoms with Gasteiger partial charge in [0, 0.05) is 37.9 Å². The summed E-state index contributed by atoms with van der Waals surface area (Å²) >= 11 is 0. The molecule has 8 heteroatoms. The SMILES string of the molecule is Cc1noc2nc(-c3ccc(F)cc3)cc(C(=O)N3CCN(c4ccccn4)CC3)c12. The molecule has 0 saturated carbocycles. The third-order valence-corrected chi connectivity index (χ3v) is 5.53. The van der Waals surface area contributed by atoms with Gasteiger partial charge in [-0.25, -0.2) is 14.4 Å². The first kappa shape index (κ1) is 19.2. The van der Waals surface area contributed by atoms with Crippen LogP contribution in [0.4, 0.5) is 10.2 Å². The topological polar surface area (TPSA) is 75.4 Å². The zero-order valence-electron chi connectivity index (χ0n) is 17.0. The van der Waals surface area contributed by atoms with E-state index in [0.29, 0.717) is 59.8 Å². The van der Waals surface area contributed by atoms with Crippen LogP contribution in [0, 0.1) is 12.7 Å². The number of carbonyl (C=O) groups is 1. The summed E-state index contributed by atoms with van der Waals surface area (Å²) in [7, 11) is 0. The second-order valence-corrected chi connectivity index (χ2v) is 7.48. The van der Waals surface area contributed by atoms with E-state index in [2.05, 4.69) is 20.0 Å². The van der Waals surface area contributed by atoms with Crippen molar-refractivity contribution in [2.75, 3.05) is 31.1 Å². The minimum absolute atomic E-state index is 0.0947. The van der Waals surface area contributed by atoms with Gasteiger partial charge in [0.2, 0.25) is 0 Å². The summed E-state index contributed by atoms with van der Waals surface area (Å²) in [6.45, 7) is 4.35. The third kappa shape index (κ3) is 3.61. The van der Waals surface area contributed by atoms with Crippen molar-refractivity contribution in [1.29, 1.82) is 0 Å². The average molecular weight is 417 g/mol. The van der Waals surface area contributed by atoms with Crippen LogP contribution in [-0.2, 0) is 0 Å². The lowest BCUT2D eigenvalue weighted by molar-refractivity contribution is 0.0748. The van der Waals surface area contributed by atoms with E-state index in [1.807, 2.05) is 23.1 Å². The lowest BCUT2D eigenvalue weighted by Crippen LogP contribution is -2.49. The molecule has 1 aliphatic rings. The Morgan fingerprint density at radius 1 is 1.06 bits per heavy atom. The molecule has 3 aromatic heterocycles. The van der Waals surface area contributed by atoms with Crippen molar-refractivity contribution in [3.05, 3.63) is 71.8 Å². The zero-order valence-corrected chi connectivity index (χ0v) is 17.0. The molecular weight excluding hydrogens is 397 g/mol. The highest BCUT2D eigenvalue weighted by atomic mass is 19.1. The van der Waals surface area contributed by atoms with Crippen LogP contribution in [0.2, 0.25) is 0 Å². The van der Waals surface area contributed by atoms with Gasteiger partial charge in [-0.1, -0.05) is 11.2 Å². The lowest BCUT2D eigenvalue weighted by Gasteiger charge is -2.35. The summed E-state index contributed by atoms with van der Waals surface area (Å²) in [6.07, 6.45) is 1.77. The van der Waals surface area contributed by atoms with Crippen molar-refractivity contribution in [1.82, 2.24) is 20.0 Å². The molecule has 1 fully saturated rings. The summed E-state index contributed by atoms with van der Waals surface area (Å²) < 4.78 is 18.7. The summed E-state index contributed by atoms with van der Waals surface area (Å²) in [5, 5.41) is 4.61. The first-order chi connectivity index (χ1) is 15.1. The summed E-state index contributed by atoms with van der Waals surface area (Å²) in [6, 6.07) is 13.6.